The number of nitrogens with zero attached hydrogens (tertiary/aromatic N) is 1. The molecule has 3 amide bonds. The highest BCUT2D eigenvalue weighted by atomic mass is 16.3. The molecule has 0 aromatic carbocycles. The fraction of sp³-hybridized carbons (Fsp3) is 0.846. The van der Waals surface area contributed by atoms with Crippen molar-refractivity contribution in [2.24, 2.45) is 17.6 Å². The maximum absolute atomic E-state index is 12.4. The Bertz CT molecular complexity index is 320. The molecule has 1 heterocycles. The van der Waals surface area contributed by atoms with Gasteiger partial charge in [0.05, 0.1) is 0 Å². The summed E-state index contributed by atoms with van der Waals surface area (Å²) in [7, 11) is 0. The van der Waals surface area contributed by atoms with Crippen LogP contribution in [0.2, 0.25) is 0 Å². The topological polar surface area (TPSA) is 95.7 Å². The van der Waals surface area contributed by atoms with Crippen LogP contribution in [0.25, 0.3) is 0 Å². The molecule has 1 fully saturated rings. The van der Waals surface area contributed by atoms with Crippen molar-refractivity contribution in [2.45, 2.75) is 39.2 Å². The van der Waals surface area contributed by atoms with Crippen molar-refractivity contribution >= 4 is 11.9 Å². The van der Waals surface area contributed by atoms with Crippen LogP contribution in [0.1, 0.15) is 33.1 Å². The Kier molecular flexibility index (Phi) is 6.08. The number of hydrogen-bond donors (Lipinski definition) is 3. The van der Waals surface area contributed by atoms with Crippen LogP contribution < -0.4 is 11.1 Å². The van der Waals surface area contributed by atoms with Crippen molar-refractivity contribution in [3.8, 4) is 0 Å². The van der Waals surface area contributed by atoms with E-state index in [4.69, 9.17) is 10.8 Å². The Morgan fingerprint density at radius 2 is 2.16 bits per heavy atom. The molecule has 0 bridgehead atoms. The van der Waals surface area contributed by atoms with Crippen LogP contribution in [0.4, 0.5) is 4.79 Å². The molecule has 2 unspecified atom stereocenters. The van der Waals surface area contributed by atoms with Crippen molar-refractivity contribution < 1.29 is 14.7 Å². The fourth-order valence-electron chi connectivity index (χ4n) is 2.54. The summed E-state index contributed by atoms with van der Waals surface area (Å²) >= 11 is 0. The van der Waals surface area contributed by atoms with Crippen molar-refractivity contribution in [2.75, 3.05) is 19.7 Å². The number of nitrogens with one attached hydrogen (secondary N) is 1. The van der Waals surface area contributed by atoms with Crippen molar-refractivity contribution in [3.63, 3.8) is 0 Å². The molecule has 1 aliphatic heterocycles. The van der Waals surface area contributed by atoms with Gasteiger partial charge in [-0.25, -0.2) is 4.79 Å². The minimum absolute atomic E-state index is 0.0621. The van der Waals surface area contributed by atoms with Crippen LogP contribution in [-0.2, 0) is 4.79 Å². The van der Waals surface area contributed by atoms with E-state index in [-0.39, 0.29) is 12.5 Å². The lowest BCUT2D eigenvalue weighted by molar-refractivity contribution is -0.132. The van der Waals surface area contributed by atoms with E-state index in [1.165, 1.54) is 0 Å². The lowest BCUT2D eigenvalue weighted by Gasteiger charge is -2.25. The normalized spacial score (nSPS) is 20.6. The predicted octanol–water partition coefficient (Wildman–Crippen LogP) is 0.300. The number of carbonyl (C=O) groups excluding carboxylic acids is 2. The van der Waals surface area contributed by atoms with E-state index in [2.05, 4.69) is 5.32 Å². The van der Waals surface area contributed by atoms with E-state index in [0.29, 0.717) is 31.3 Å². The maximum atomic E-state index is 12.4. The SMILES string of the molecule is CC(C)CC(NC(N)=O)C(=O)N1CCC(CCO)C1. The third-order valence-corrected chi connectivity index (χ3v) is 3.46. The Balaban J connectivity index is 2.58. The van der Waals surface area contributed by atoms with E-state index in [1.807, 2.05) is 13.8 Å². The van der Waals surface area contributed by atoms with E-state index in [0.717, 1.165) is 12.8 Å². The quantitative estimate of drug-likeness (QED) is 0.648. The van der Waals surface area contributed by atoms with Gasteiger partial charge in [0.15, 0.2) is 0 Å². The second-order valence-corrected chi connectivity index (χ2v) is 5.64. The number of carbonyl (C=O) groups is 2. The number of likely N-dealkylation sites (tertiary alicyclic amines) is 1. The van der Waals surface area contributed by atoms with Gasteiger partial charge in [0.2, 0.25) is 5.91 Å². The molecular weight excluding hydrogens is 246 g/mol. The molecule has 0 aliphatic carbocycles. The first-order chi connectivity index (χ1) is 8.93. The minimum atomic E-state index is -0.662. The summed E-state index contributed by atoms with van der Waals surface area (Å²) in [6, 6.07) is -1.20. The molecule has 19 heavy (non-hydrogen) atoms. The highest BCUT2D eigenvalue weighted by Crippen LogP contribution is 2.21. The molecule has 110 valence electrons. The van der Waals surface area contributed by atoms with Crippen LogP contribution in [0.15, 0.2) is 0 Å². The van der Waals surface area contributed by atoms with E-state index in [9.17, 15) is 9.59 Å². The largest absolute Gasteiger partial charge is 0.396 e. The van der Waals surface area contributed by atoms with Crippen LogP contribution in [0.5, 0.6) is 0 Å². The van der Waals surface area contributed by atoms with Gasteiger partial charge in [0.25, 0.3) is 0 Å². The molecule has 2 atom stereocenters. The molecule has 0 saturated carbocycles. The third kappa shape index (κ3) is 5.06. The zero-order valence-corrected chi connectivity index (χ0v) is 11.8. The summed E-state index contributed by atoms with van der Waals surface area (Å²) < 4.78 is 0. The number of nitrogens with two attached hydrogens (primary N) is 1. The Morgan fingerprint density at radius 3 is 2.68 bits per heavy atom. The summed E-state index contributed by atoms with van der Waals surface area (Å²) in [4.78, 5) is 25.1. The molecule has 1 saturated heterocycles. The highest BCUT2D eigenvalue weighted by Gasteiger charge is 2.31. The summed E-state index contributed by atoms with van der Waals surface area (Å²) in [5, 5.41) is 11.5. The molecule has 6 nitrogen and oxygen atoms in total. The lowest BCUT2D eigenvalue weighted by atomic mass is 10.0. The summed E-state index contributed by atoms with van der Waals surface area (Å²) in [5.74, 6) is 0.604. The van der Waals surface area contributed by atoms with Crippen molar-refractivity contribution in [3.05, 3.63) is 0 Å². The monoisotopic (exact) mass is 271 g/mol. The average Bonchev–Trinajstić information content (AvgIpc) is 2.75. The van der Waals surface area contributed by atoms with Crippen molar-refractivity contribution in [1.82, 2.24) is 10.2 Å². The summed E-state index contributed by atoms with van der Waals surface area (Å²) in [5.41, 5.74) is 5.13. The van der Waals surface area contributed by atoms with Gasteiger partial charge in [-0.05, 0) is 31.1 Å². The number of aliphatic hydroxyl groups excluding tert-OH is 1. The Morgan fingerprint density at radius 1 is 1.47 bits per heavy atom. The molecule has 4 N–H and O–H groups in total. The van der Waals surface area contributed by atoms with Gasteiger partial charge in [-0.2, -0.15) is 0 Å². The molecule has 1 aliphatic rings. The smallest absolute Gasteiger partial charge is 0.312 e. The molecular formula is C13H25N3O3. The first kappa shape index (κ1) is 15.8. The van der Waals surface area contributed by atoms with Gasteiger partial charge in [-0.3, -0.25) is 4.79 Å². The third-order valence-electron chi connectivity index (χ3n) is 3.46. The highest BCUT2D eigenvalue weighted by molar-refractivity contribution is 5.86. The number of amides is 3. The van der Waals surface area contributed by atoms with Gasteiger partial charge in [0, 0.05) is 19.7 Å². The predicted molar refractivity (Wildman–Crippen MR) is 72.4 cm³/mol. The van der Waals surface area contributed by atoms with Gasteiger partial charge in [-0.1, -0.05) is 13.8 Å². The first-order valence-electron chi connectivity index (χ1n) is 6.89. The minimum Gasteiger partial charge on any atom is -0.396 e. The molecule has 0 aromatic rings. The maximum Gasteiger partial charge on any atom is 0.312 e. The van der Waals surface area contributed by atoms with E-state index in [1.54, 1.807) is 4.90 Å². The Labute approximate surface area is 114 Å². The second-order valence-electron chi connectivity index (χ2n) is 5.64. The number of hydrogen-bond acceptors (Lipinski definition) is 3. The average molecular weight is 271 g/mol. The Hall–Kier alpha value is -1.30. The zero-order chi connectivity index (χ0) is 14.4. The van der Waals surface area contributed by atoms with Gasteiger partial charge < -0.3 is 21.1 Å². The van der Waals surface area contributed by atoms with Gasteiger partial charge in [0.1, 0.15) is 6.04 Å². The van der Waals surface area contributed by atoms with Gasteiger partial charge >= 0.3 is 6.03 Å². The first-order valence-corrected chi connectivity index (χ1v) is 6.89. The molecule has 6 heteroatoms. The van der Waals surface area contributed by atoms with E-state index < -0.39 is 12.1 Å². The number of aliphatic hydroxyl groups is 1. The lowest BCUT2D eigenvalue weighted by Crippen LogP contribution is -2.50. The summed E-state index contributed by atoms with van der Waals surface area (Å²) in [6.45, 7) is 5.51. The second kappa shape index (κ2) is 7.33. The number of rotatable bonds is 6. The molecule has 0 spiro atoms. The van der Waals surface area contributed by atoms with Crippen LogP contribution in [0, 0.1) is 11.8 Å². The molecule has 1 rings (SSSR count). The number of primary amides is 1. The van der Waals surface area contributed by atoms with Gasteiger partial charge in [-0.15, -0.1) is 0 Å². The summed E-state index contributed by atoms with van der Waals surface area (Å²) in [6.07, 6.45) is 2.22. The standard InChI is InChI=1S/C13H25N3O3/c1-9(2)7-11(15-13(14)19)12(18)16-5-3-10(8-16)4-6-17/h9-11,17H,3-8H2,1-2H3,(H3,14,15,19). The van der Waals surface area contributed by atoms with Crippen LogP contribution >= 0.6 is 0 Å². The van der Waals surface area contributed by atoms with Crippen LogP contribution in [-0.4, -0.2) is 47.7 Å². The van der Waals surface area contributed by atoms with E-state index >= 15 is 0 Å². The number of urea groups is 1. The van der Waals surface area contributed by atoms with Crippen LogP contribution in [0.3, 0.4) is 0 Å². The zero-order valence-electron chi connectivity index (χ0n) is 11.8. The fourth-order valence-corrected chi connectivity index (χ4v) is 2.54. The van der Waals surface area contributed by atoms with Crippen molar-refractivity contribution in [1.29, 1.82) is 0 Å². The molecule has 0 radical (unpaired) electrons. The molecule has 0 aromatic heterocycles.